The van der Waals surface area contributed by atoms with E-state index in [9.17, 15) is 27.6 Å². The fourth-order valence-corrected chi connectivity index (χ4v) is 8.70. The Morgan fingerprint density at radius 2 is 1.43 bits per heavy atom. The van der Waals surface area contributed by atoms with Crippen molar-refractivity contribution in [2.75, 3.05) is 55.3 Å². The van der Waals surface area contributed by atoms with Crippen LogP contribution in [-0.2, 0) is 28.7 Å². The third kappa shape index (κ3) is 8.42. The van der Waals surface area contributed by atoms with E-state index in [-0.39, 0.29) is 31.3 Å². The maximum Gasteiger partial charge on any atom is 0.272 e. The standard InChI is InChI=1S/C31H36ClN7O7S3/c1-18(2)49(44,45)25-17-48-27(26(25)32)31(43)36-21-13-24(47-16-21)30(42)35-20-12-23(38(4)15-20)29(41)34-19-11-22(37(3)14-19)28(40)33-5-6-39-7-9-46-10-8-39/h11-18H,5-10H2,1-4H3,(H,33,40)(H,34,41)(H,35,42)(H,36,43). The van der Waals surface area contributed by atoms with Crippen molar-refractivity contribution in [2.45, 2.75) is 24.0 Å². The lowest BCUT2D eigenvalue weighted by Crippen LogP contribution is -2.41. The molecular weight excluding hydrogens is 714 g/mol. The second-order valence-electron chi connectivity index (χ2n) is 11.6. The van der Waals surface area contributed by atoms with Crippen LogP contribution in [0.15, 0.2) is 46.2 Å². The highest BCUT2D eigenvalue weighted by molar-refractivity contribution is 7.92. The molecule has 0 aliphatic carbocycles. The molecule has 4 aromatic rings. The molecule has 1 saturated heterocycles. The summed E-state index contributed by atoms with van der Waals surface area (Å²) in [5.74, 6) is -1.75. The maximum atomic E-state index is 13.1. The highest BCUT2D eigenvalue weighted by Gasteiger charge is 2.28. The Labute approximate surface area is 296 Å². The lowest BCUT2D eigenvalue weighted by Gasteiger charge is -2.26. The van der Waals surface area contributed by atoms with Crippen LogP contribution in [-0.4, -0.2) is 90.7 Å². The Bertz CT molecular complexity index is 1990. The summed E-state index contributed by atoms with van der Waals surface area (Å²) in [6, 6.07) is 4.60. The molecule has 1 aliphatic heterocycles. The van der Waals surface area contributed by atoms with Crippen molar-refractivity contribution >= 4 is 84.8 Å². The number of halogens is 1. The molecule has 1 fully saturated rings. The summed E-state index contributed by atoms with van der Waals surface area (Å²) in [6.07, 6.45) is 3.23. The Morgan fingerprint density at radius 1 is 0.837 bits per heavy atom. The van der Waals surface area contributed by atoms with Crippen LogP contribution >= 0.6 is 34.3 Å². The molecule has 4 amide bonds. The van der Waals surface area contributed by atoms with E-state index in [1.54, 1.807) is 47.1 Å². The molecule has 0 unspecified atom stereocenters. The van der Waals surface area contributed by atoms with Crippen molar-refractivity contribution in [1.82, 2.24) is 19.4 Å². The van der Waals surface area contributed by atoms with Crippen molar-refractivity contribution < 1.29 is 32.3 Å². The number of aromatic nitrogens is 2. The number of morpholine rings is 1. The molecule has 262 valence electrons. The fraction of sp³-hybridized carbons (Fsp3) is 0.355. The van der Waals surface area contributed by atoms with E-state index in [0.29, 0.717) is 42.5 Å². The molecule has 0 saturated carbocycles. The molecule has 49 heavy (non-hydrogen) atoms. The summed E-state index contributed by atoms with van der Waals surface area (Å²) in [5.41, 5.74) is 1.80. The van der Waals surface area contributed by atoms with E-state index in [4.69, 9.17) is 16.3 Å². The molecule has 5 heterocycles. The topological polar surface area (TPSA) is 173 Å². The first-order valence-corrected chi connectivity index (χ1v) is 18.9. The smallest absolute Gasteiger partial charge is 0.272 e. The molecule has 14 nitrogen and oxygen atoms in total. The number of aryl methyl sites for hydroxylation is 2. The van der Waals surface area contributed by atoms with Crippen molar-refractivity contribution in [3.05, 3.63) is 67.5 Å². The van der Waals surface area contributed by atoms with Crippen molar-refractivity contribution in [1.29, 1.82) is 0 Å². The largest absolute Gasteiger partial charge is 0.379 e. The van der Waals surface area contributed by atoms with E-state index in [2.05, 4.69) is 26.2 Å². The molecule has 1 aliphatic rings. The van der Waals surface area contributed by atoms with Gasteiger partial charge in [-0.3, -0.25) is 24.1 Å². The van der Waals surface area contributed by atoms with Gasteiger partial charge in [-0.05, 0) is 32.0 Å². The minimum Gasteiger partial charge on any atom is -0.379 e. The molecule has 18 heteroatoms. The maximum absolute atomic E-state index is 13.1. The number of sulfone groups is 1. The molecule has 0 aromatic carbocycles. The zero-order valence-electron chi connectivity index (χ0n) is 27.2. The summed E-state index contributed by atoms with van der Waals surface area (Å²) < 4.78 is 33.6. The monoisotopic (exact) mass is 749 g/mol. The Balaban J connectivity index is 1.16. The van der Waals surface area contributed by atoms with Crippen LogP contribution in [0.2, 0.25) is 5.02 Å². The van der Waals surface area contributed by atoms with E-state index in [1.807, 2.05) is 0 Å². The van der Waals surface area contributed by atoms with Gasteiger partial charge in [-0.15, -0.1) is 22.7 Å². The second-order valence-corrected chi connectivity index (χ2v) is 16.2. The number of hydrogen-bond donors (Lipinski definition) is 4. The highest BCUT2D eigenvalue weighted by atomic mass is 35.5. The van der Waals surface area contributed by atoms with Gasteiger partial charge in [0.2, 0.25) is 0 Å². The first kappa shape index (κ1) is 36.3. The van der Waals surface area contributed by atoms with Crippen molar-refractivity contribution in [3.63, 3.8) is 0 Å². The SMILES string of the molecule is CC(C)S(=O)(=O)c1csc(C(=O)Nc2csc(C(=O)Nc3cc(C(=O)Nc4cc(C(=O)NCCN5CCOCC5)n(C)c4)n(C)c3)c2)c1Cl. The third-order valence-electron chi connectivity index (χ3n) is 7.72. The van der Waals surface area contributed by atoms with Crippen LogP contribution in [0.4, 0.5) is 17.1 Å². The second kappa shape index (κ2) is 15.3. The van der Waals surface area contributed by atoms with E-state index < -0.39 is 32.8 Å². The highest BCUT2D eigenvalue weighted by Crippen LogP contribution is 2.34. The average Bonchev–Trinajstić information content (AvgIpc) is 3.84. The molecule has 0 atom stereocenters. The van der Waals surface area contributed by atoms with Gasteiger partial charge in [-0.25, -0.2) is 8.42 Å². The zero-order chi connectivity index (χ0) is 35.5. The summed E-state index contributed by atoms with van der Waals surface area (Å²) >= 11 is 8.27. The van der Waals surface area contributed by atoms with Gasteiger partial charge in [0.15, 0.2) is 9.84 Å². The number of carbonyl (C=O) groups excluding carboxylic acids is 4. The van der Waals surface area contributed by atoms with E-state index in [1.165, 1.54) is 31.4 Å². The van der Waals surface area contributed by atoms with Gasteiger partial charge >= 0.3 is 0 Å². The van der Waals surface area contributed by atoms with Crippen molar-refractivity contribution in [3.8, 4) is 0 Å². The number of thiophene rings is 2. The normalized spacial score (nSPS) is 13.8. The van der Waals surface area contributed by atoms with Gasteiger partial charge < -0.3 is 35.1 Å². The lowest BCUT2D eigenvalue weighted by molar-refractivity contribution is 0.0383. The van der Waals surface area contributed by atoms with Crippen LogP contribution in [0.1, 0.15) is 54.2 Å². The van der Waals surface area contributed by atoms with Gasteiger partial charge in [0.25, 0.3) is 23.6 Å². The molecule has 5 rings (SSSR count). The van der Waals surface area contributed by atoms with Crippen LogP contribution < -0.4 is 21.3 Å². The summed E-state index contributed by atoms with van der Waals surface area (Å²) in [7, 11) is -0.280. The quantitative estimate of drug-likeness (QED) is 0.167. The van der Waals surface area contributed by atoms with Crippen molar-refractivity contribution in [2.24, 2.45) is 14.1 Å². The summed E-state index contributed by atoms with van der Waals surface area (Å²) in [4.78, 5) is 54.2. The summed E-state index contributed by atoms with van der Waals surface area (Å²) in [5, 5.41) is 13.2. The van der Waals surface area contributed by atoms with Crippen LogP contribution in [0.5, 0.6) is 0 Å². The van der Waals surface area contributed by atoms with Gasteiger partial charge in [0.1, 0.15) is 16.3 Å². The number of anilines is 3. The first-order chi connectivity index (χ1) is 23.2. The van der Waals surface area contributed by atoms with E-state index >= 15 is 0 Å². The molecule has 0 spiro atoms. The Kier molecular flexibility index (Phi) is 11.3. The van der Waals surface area contributed by atoms with Crippen LogP contribution in [0.25, 0.3) is 0 Å². The molecule has 4 aromatic heterocycles. The van der Waals surface area contributed by atoms with Gasteiger partial charge in [0, 0.05) is 63.4 Å². The fourth-order valence-electron chi connectivity index (χ4n) is 4.98. The summed E-state index contributed by atoms with van der Waals surface area (Å²) in [6.45, 7) is 7.31. The van der Waals surface area contributed by atoms with Gasteiger partial charge in [0.05, 0.1) is 50.3 Å². The molecule has 0 bridgehead atoms. The number of amides is 4. The number of hydrogen-bond acceptors (Lipinski definition) is 10. The molecular formula is C31H36ClN7O7S3. The number of carbonyl (C=O) groups is 4. The number of nitrogens with one attached hydrogen (secondary N) is 4. The predicted octanol–water partition coefficient (Wildman–Crippen LogP) is 4.14. The number of nitrogens with zero attached hydrogens (tertiary/aromatic N) is 3. The Morgan fingerprint density at radius 3 is 2.06 bits per heavy atom. The average molecular weight is 750 g/mol. The van der Waals surface area contributed by atoms with Crippen LogP contribution in [0.3, 0.4) is 0 Å². The minimum absolute atomic E-state index is 0.0441. The minimum atomic E-state index is -3.66. The van der Waals surface area contributed by atoms with Crippen LogP contribution in [0, 0.1) is 0 Å². The third-order valence-corrected chi connectivity index (χ3v) is 12.6. The van der Waals surface area contributed by atoms with E-state index in [0.717, 1.165) is 42.3 Å². The Hall–Kier alpha value is -4.00. The molecule has 4 N–H and O–H groups in total. The van der Waals surface area contributed by atoms with Gasteiger partial charge in [-0.1, -0.05) is 11.6 Å². The first-order valence-electron chi connectivity index (χ1n) is 15.2. The predicted molar refractivity (Wildman–Crippen MR) is 190 cm³/mol. The number of rotatable bonds is 12. The zero-order valence-corrected chi connectivity index (χ0v) is 30.4. The lowest BCUT2D eigenvalue weighted by atomic mass is 10.3. The number of ether oxygens (including phenoxy) is 1. The molecule has 0 radical (unpaired) electrons. The van der Waals surface area contributed by atoms with Gasteiger partial charge in [-0.2, -0.15) is 0 Å².